The second-order valence-electron chi connectivity index (χ2n) is 6.48. The van der Waals surface area contributed by atoms with E-state index < -0.39 is 0 Å². The number of nitrogens with zero attached hydrogens (tertiary/aromatic N) is 1. The molecule has 0 aromatic heterocycles. The van der Waals surface area contributed by atoms with E-state index in [-0.39, 0.29) is 36.5 Å². The van der Waals surface area contributed by atoms with E-state index >= 15 is 0 Å². The number of carbonyl (C=O) groups is 2. The second kappa shape index (κ2) is 9.61. The first kappa shape index (κ1) is 20.2. The van der Waals surface area contributed by atoms with E-state index in [1.54, 1.807) is 34.9 Å². The number of thioether (sulfide) groups is 1. The third-order valence-electron chi connectivity index (χ3n) is 4.71. The number of carbonyl (C=O) groups excluding carboxylic acids is 2. The molecule has 6 nitrogen and oxygen atoms in total. The number of hydrogen-bond donors (Lipinski definition) is 2. The fourth-order valence-electron chi connectivity index (χ4n) is 3.25. The van der Waals surface area contributed by atoms with E-state index in [9.17, 15) is 19.8 Å². The van der Waals surface area contributed by atoms with Gasteiger partial charge in [-0.05, 0) is 30.2 Å². The summed E-state index contributed by atoms with van der Waals surface area (Å²) in [6.07, 6.45) is 0.992. The Bertz CT molecular complexity index is 841. The number of aliphatic hydroxyl groups is 1. The Morgan fingerprint density at radius 1 is 1.25 bits per heavy atom. The minimum atomic E-state index is -0.157. The number of amides is 1. The van der Waals surface area contributed by atoms with Crippen LogP contribution >= 0.6 is 11.8 Å². The van der Waals surface area contributed by atoms with Gasteiger partial charge in [0, 0.05) is 30.2 Å². The zero-order valence-electron chi connectivity index (χ0n) is 15.4. The van der Waals surface area contributed by atoms with Crippen molar-refractivity contribution >= 4 is 24.0 Å². The number of rotatable bonds is 7. The van der Waals surface area contributed by atoms with Crippen LogP contribution < -0.4 is 4.74 Å². The van der Waals surface area contributed by atoms with Crippen LogP contribution in [-0.4, -0.2) is 64.6 Å². The molecule has 0 aliphatic carbocycles. The molecule has 1 aliphatic heterocycles. The Morgan fingerprint density at radius 2 is 2.07 bits per heavy atom. The van der Waals surface area contributed by atoms with Gasteiger partial charge in [-0.3, -0.25) is 9.59 Å². The van der Waals surface area contributed by atoms with Crippen molar-refractivity contribution in [3.63, 3.8) is 0 Å². The smallest absolute Gasteiger partial charge is 0.254 e. The molecule has 0 bridgehead atoms. The number of benzene rings is 2. The summed E-state index contributed by atoms with van der Waals surface area (Å²) in [7, 11) is 0. The molecule has 2 aromatic rings. The van der Waals surface area contributed by atoms with Crippen LogP contribution in [-0.2, 0) is 6.42 Å². The highest BCUT2D eigenvalue weighted by Gasteiger charge is 2.29. The van der Waals surface area contributed by atoms with E-state index in [4.69, 9.17) is 4.74 Å². The molecule has 1 heterocycles. The van der Waals surface area contributed by atoms with Crippen molar-refractivity contribution in [2.45, 2.75) is 12.5 Å². The highest BCUT2D eigenvalue weighted by atomic mass is 32.2. The van der Waals surface area contributed by atoms with Crippen LogP contribution in [0.1, 0.15) is 26.3 Å². The normalized spacial score (nSPS) is 16.6. The molecule has 0 radical (unpaired) electrons. The maximum atomic E-state index is 13.2. The number of phenols is 1. The highest BCUT2D eigenvalue weighted by Crippen LogP contribution is 2.27. The van der Waals surface area contributed by atoms with Crippen molar-refractivity contribution in [3.05, 3.63) is 59.2 Å². The molecule has 0 saturated carbocycles. The lowest BCUT2D eigenvalue weighted by Gasteiger charge is -2.35. The number of ether oxygens (including phenoxy) is 1. The first-order valence-corrected chi connectivity index (χ1v) is 10.3. The van der Waals surface area contributed by atoms with Gasteiger partial charge in [0.1, 0.15) is 18.1 Å². The fourth-order valence-corrected chi connectivity index (χ4v) is 4.29. The van der Waals surface area contributed by atoms with Crippen molar-refractivity contribution in [3.8, 4) is 11.5 Å². The highest BCUT2D eigenvalue weighted by molar-refractivity contribution is 7.99. The SMILES string of the molecule is O=Cc1c(O)cccc1OCC1CSCCN1C(=O)c1ccccc1CCO. The summed E-state index contributed by atoms with van der Waals surface area (Å²) in [6, 6.07) is 11.8. The topological polar surface area (TPSA) is 87.1 Å². The number of aliphatic hydroxyl groups excluding tert-OH is 1. The van der Waals surface area contributed by atoms with Gasteiger partial charge in [-0.15, -0.1) is 0 Å². The molecule has 7 heteroatoms. The predicted octanol–water partition coefficient (Wildman–Crippen LogP) is 2.38. The number of phenolic OH excluding ortho intramolecular Hbond substituents is 1. The quantitative estimate of drug-likeness (QED) is 0.693. The van der Waals surface area contributed by atoms with Crippen molar-refractivity contribution in [2.75, 3.05) is 31.3 Å². The van der Waals surface area contributed by atoms with Gasteiger partial charge in [0.2, 0.25) is 0 Å². The summed E-state index contributed by atoms with van der Waals surface area (Å²) >= 11 is 1.75. The molecular formula is C21H23NO5S. The molecule has 1 amide bonds. The standard InChI is InChI=1S/C21H23NO5S/c23-10-8-15-4-1-2-5-17(15)21(26)22-9-11-28-14-16(22)13-27-20-7-3-6-19(25)18(20)12-24/h1-7,12,16,23,25H,8-11,13-14H2. The average Bonchev–Trinajstić information content (AvgIpc) is 2.72. The molecule has 2 aromatic carbocycles. The molecule has 1 atom stereocenters. The van der Waals surface area contributed by atoms with Gasteiger partial charge in [-0.25, -0.2) is 0 Å². The lowest BCUT2D eigenvalue weighted by molar-refractivity contribution is 0.0645. The minimum absolute atomic E-state index is 0.0152. The lowest BCUT2D eigenvalue weighted by atomic mass is 10.0. The van der Waals surface area contributed by atoms with Crippen molar-refractivity contribution in [1.29, 1.82) is 0 Å². The third kappa shape index (κ3) is 4.48. The lowest BCUT2D eigenvalue weighted by Crippen LogP contribution is -2.49. The second-order valence-corrected chi connectivity index (χ2v) is 7.63. The molecular weight excluding hydrogens is 378 g/mol. The molecule has 1 aliphatic rings. The number of hydrogen-bond acceptors (Lipinski definition) is 6. The molecule has 1 fully saturated rings. The van der Waals surface area contributed by atoms with Crippen molar-refractivity contribution in [1.82, 2.24) is 4.90 Å². The van der Waals surface area contributed by atoms with E-state index in [2.05, 4.69) is 0 Å². The summed E-state index contributed by atoms with van der Waals surface area (Å²) in [4.78, 5) is 26.2. The predicted molar refractivity (Wildman–Crippen MR) is 108 cm³/mol. The summed E-state index contributed by atoms with van der Waals surface area (Å²) in [6.45, 7) is 0.815. The minimum Gasteiger partial charge on any atom is -0.507 e. The first-order chi connectivity index (χ1) is 13.7. The summed E-state index contributed by atoms with van der Waals surface area (Å²) in [5.74, 6) is 1.67. The van der Waals surface area contributed by atoms with Crippen molar-refractivity contribution in [2.24, 2.45) is 0 Å². The molecule has 1 saturated heterocycles. The zero-order chi connectivity index (χ0) is 19.9. The molecule has 3 rings (SSSR count). The van der Waals surface area contributed by atoms with Gasteiger partial charge >= 0.3 is 0 Å². The van der Waals surface area contributed by atoms with Gasteiger partial charge in [0.05, 0.1) is 11.6 Å². The van der Waals surface area contributed by atoms with Crippen LogP contribution in [0.25, 0.3) is 0 Å². The van der Waals surface area contributed by atoms with E-state index in [0.29, 0.717) is 30.6 Å². The Hall–Kier alpha value is -2.51. The molecule has 0 spiro atoms. The largest absolute Gasteiger partial charge is 0.507 e. The zero-order valence-corrected chi connectivity index (χ0v) is 16.2. The average molecular weight is 401 g/mol. The maximum absolute atomic E-state index is 13.2. The van der Waals surface area contributed by atoms with Crippen LogP contribution in [0.15, 0.2) is 42.5 Å². The van der Waals surface area contributed by atoms with Gasteiger partial charge in [0.25, 0.3) is 5.91 Å². The molecule has 1 unspecified atom stereocenters. The maximum Gasteiger partial charge on any atom is 0.254 e. The molecule has 2 N–H and O–H groups in total. The van der Waals surface area contributed by atoms with Gasteiger partial charge in [-0.1, -0.05) is 24.3 Å². The molecule has 28 heavy (non-hydrogen) atoms. The Balaban J connectivity index is 1.77. The monoisotopic (exact) mass is 401 g/mol. The summed E-state index contributed by atoms with van der Waals surface area (Å²) in [5, 5.41) is 19.1. The van der Waals surface area contributed by atoms with E-state index in [1.165, 1.54) is 6.07 Å². The Kier molecular flexibility index (Phi) is 6.95. The number of aromatic hydroxyl groups is 1. The molecule has 148 valence electrons. The van der Waals surface area contributed by atoms with Crippen LogP contribution in [0.5, 0.6) is 11.5 Å². The number of aldehydes is 1. The van der Waals surface area contributed by atoms with Gasteiger partial charge in [-0.2, -0.15) is 11.8 Å². The fraction of sp³-hybridized carbons (Fsp3) is 0.333. The van der Waals surface area contributed by atoms with Crippen LogP contribution in [0, 0.1) is 0 Å². The van der Waals surface area contributed by atoms with E-state index in [0.717, 1.165) is 17.1 Å². The van der Waals surface area contributed by atoms with Gasteiger partial charge in [0.15, 0.2) is 6.29 Å². The first-order valence-electron chi connectivity index (χ1n) is 9.13. The van der Waals surface area contributed by atoms with Crippen molar-refractivity contribution < 1.29 is 24.5 Å². The van der Waals surface area contributed by atoms with Crippen LogP contribution in [0.2, 0.25) is 0 Å². The Morgan fingerprint density at radius 3 is 2.86 bits per heavy atom. The van der Waals surface area contributed by atoms with Crippen LogP contribution in [0.4, 0.5) is 0 Å². The van der Waals surface area contributed by atoms with E-state index in [1.807, 2.05) is 18.2 Å². The summed E-state index contributed by atoms with van der Waals surface area (Å²) < 4.78 is 5.80. The van der Waals surface area contributed by atoms with Gasteiger partial charge < -0.3 is 19.8 Å². The third-order valence-corrected chi connectivity index (χ3v) is 5.80. The summed E-state index contributed by atoms with van der Waals surface area (Å²) in [5.41, 5.74) is 1.53. The van der Waals surface area contributed by atoms with Crippen LogP contribution in [0.3, 0.4) is 0 Å². The Labute approximate surface area is 168 Å².